The van der Waals surface area contributed by atoms with Crippen LogP contribution >= 0.6 is 61.1 Å². The first kappa shape index (κ1) is 10.7. The second-order valence-electron chi connectivity index (χ2n) is 2.05. The zero-order chi connectivity index (χ0) is 9.30. The predicted molar refractivity (Wildman–Crippen MR) is 66.5 cm³/mol. The van der Waals surface area contributed by atoms with E-state index < -0.39 is 5.97 Å². The average molecular weight is 453 g/mol. The van der Waals surface area contributed by atoms with Gasteiger partial charge in [-0.3, -0.25) is 0 Å². The maximum Gasteiger partial charge on any atom is 0.336 e. The third-order valence-electron chi connectivity index (χ3n) is 1.22. The van der Waals surface area contributed by atoms with E-state index in [-0.39, 0.29) is 0 Å². The van der Waals surface area contributed by atoms with Crippen LogP contribution in [0.25, 0.3) is 0 Å². The van der Waals surface area contributed by atoms with Gasteiger partial charge in [0.15, 0.2) is 0 Å². The number of hydrogen-bond acceptors (Lipinski definition) is 1. The highest BCUT2D eigenvalue weighted by molar-refractivity contribution is 14.1. The molecule has 0 aliphatic carbocycles. The smallest absolute Gasteiger partial charge is 0.336 e. The number of aromatic carboxylic acids is 1. The standard InChI is InChI=1S/C7H3BrI2O2/c8-3-1-4(7(11)12)6(10)5(9)2-3/h1-2H,(H,11,12). The van der Waals surface area contributed by atoms with Crippen molar-refractivity contribution in [3.63, 3.8) is 0 Å². The Labute approximate surface area is 105 Å². The van der Waals surface area contributed by atoms with Gasteiger partial charge < -0.3 is 5.11 Å². The quantitative estimate of drug-likeness (QED) is 0.524. The van der Waals surface area contributed by atoms with Crippen molar-refractivity contribution in [2.45, 2.75) is 0 Å². The molecular formula is C7H3BrI2O2. The number of carboxylic acids is 1. The summed E-state index contributed by atoms with van der Waals surface area (Å²) in [6.45, 7) is 0. The van der Waals surface area contributed by atoms with E-state index >= 15 is 0 Å². The lowest BCUT2D eigenvalue weighted by Crippen LogP contribution is -2.01. The third kappa shape index (κ3) is 2.32. The summed E-state index contributed by atoms with van der Waals surface area (Å²) >= 11 is 7.38. The molecule has 0 aromatic heterocycles. The molecule has 1 N–H and O–H groups in total. The van der Waals surface area contributed by atoms with Crippen LogP contribution in [0.2, 0.25) is 0 Å². The van der Waals surface area contributed by atoms with Gasteiger partial charge in [0, 0.05) is 11.6 Å². The number of halogens is 3. The second-order valence-corrected chi connectivity index (χ2v) is 5.21. The van der Waals surface area contributed by atoms with Gasteiger partial charge in [-0.1, -0.05) is 15.9 Å². The molecule has 0 saturated carbocycles. The second kappa shape index (κ2) is 4.23. The van der Waals surface area contributed by atoms with Gasteiger partial charge in [-0.15, -0.1) is 0 Å². The average Bonchev–Trinajstić information content (AvgIpc) is 1.96. The van der Waals surface area contributed by atoms with E-state index in [1.165, 1.54) is 0 Å². The molecule has 0 aliphatic rings. The Morgan fingerprint density at radius 1 is 1.42 bits per heavy atom. The van der Waals surface area contributed by atoms with E-state index in [9.17, 15) is 4.79 Å². The third-order valence-corrected chi connectivity index (χ3v) is 4.73. The van der Waals surface area contributed by atoms with Crippen LogP contribution in [0.4, 0.5) is 0 Å². The highest BCUT2D eigenvalue weighted by Gasteiger charge is 2.11. The van der Waals surface area contributed by atoms with E-state index in [4.69, 9.17) is 5.11 Å². The monoisotopic (exact) mass is 452 g/mol. The van der Waals surface area contributed by atoms with Gasteiger partial charge in [-0.05, 0) is 57.3 Å². The Kier molecular flexibility index (Phi) is 3.77. The van der Waals surface area contributed by atoms with Crippen LogP contribution in [-0.2, 0) is 0 Å². The van der Waals surface area contributed by atoms with Crippen LogP contribution in [0.3, 0.4) is 0 Å². The Balaban J connectivity index is 3.37. The Bertz CT molecular complexity index is 338. The van der Waals surface area contributed by atoms with Crippen molar-refractivity contribution in [2.24, 2.45) is 0 Å². The largest absolute Gasteiger partial charge is 0.478 e. The van der Waals surface area contributed by atoms with Gasteiger partial charge in [0.25, 0.3) is 0 Å². The van der Waals surface area contributed by atoms with Gasteiger partial charge in [-0.2, -0.15) is 0 Å². The van der Waals surface area contributed by atoms with Gasteiger partial charge in [0.1, 0.15) is 0 Å². The molecule has 0 amide bonds. The summed E-state index contributed by atoms with van der Waals surface area (Å²) in [7, 11) is 0. The fraction of sp³-hybridized carbons (Fsp3) is 0. The molecule has 5 heteroatoms. The van der Waals surface area contributed by atoms with Crippen molar-refractivity contribution < 1.29 is 9.90 Å². The maximum absolute atomic E-state index is 10.7. The Morgan fingerprint density at radius 3 is 2.50 bits per heavy atom. The normalized spacial score (nSPS) is 9.92. The van der Waals surface area contributed by atoms with Crippen molar-refractivity contribution in [1.29, 1.82) is 0 Å². The van der Waals surface area contributed by atoms with Crippen molar-refractivity contribution >= 4 is 67.1 Å². The maximum atomic E-state index is 10.7. The van der Waals surface area contributed by atoms with Crippen molar-refractivity contribution in [1.82, 2.24) is 0 Å². The molecule has 2 nitrogen and oxygen atoms in total. The summed E-state index contributed by atoms with van der Waals surface area (Å²) in [6.07, 6.45) is 0. The van der Waals surface area contributed by atoms with Crippen molar-refractivity contribution in [2.75, 3.05) is 0 Å². The molecule has 0 radical (unpaired) electrons. The molecule has 0 atom stereocenters. The summed E-state index contributed by atoms with van der Waals surface area (Å²) in [5, 5.41) is 8.79. The van der Waals surface area contributed by atoms with E-state index in [0.29, 0.717) is 5.56 Å². The predicted octanol–water partition coefficient (Wildman–Crippen LogP) is 3.36. The summed E-state index contributed by atoms with van der Waals surface area (Å²) in [5.74, 6) is -0.890. The molecule has 0 spiro atoms. The van der Waals surface area contributed by atoms with Crippen LogP contribution in [0.15, 0.2) is 16.6 Å². The molecule has 1 rings (SSSR count). The van der Waals surface area contributed by atoms with Crippen LogP contribution in [0.1, 0.15) is 10.4 Å². The van der Waals surface area contributed by atoms with Crippen LogP contribution in [0, 0.1) is 7.14 Å². The SMILES string of the molecule is O=C(O)c1cc(Br)cc(I)c1I. The molecule has 0 heterocycles. The number of carboxylic acid groups (broad SMARTS) is 1. The van der Waals surface area contributed by atoms with Gasteiger partial charge in [0.05, 0.1) is 5.56 Å². The Morgan fingerprint density at radius 2 is 2.00 bits per heavy atom. The van der Waals surface area contributed by atoms with E-state index in [1.54, 1.807) is 6.07 Å². The lowest BCUT2D eigenvalue weighted by molar-refractivity contribution is 0.0695. The zero-order valence-electron chi connectivity index (χ0n) is 5.64. The van der Waals surface area contributed by atoms with Crippen molar-refractivity contribution in [3.8, 4) is 0 Å². The first-order valence-corrected chi connectivity index (χ1v) is 5.85. The van der Waals surface area contributed by atoms with Gasteiger partial charge in [-0.25, -0.2) is 4.79 Å². The van der Waals surface area contributed by atoms with Crippen molar-refractivity contribution in [3.05, 3.63) is 29.3 Å². The molecule has 1 aromatic rings. The number of carbonyl (C=O) groups is 1. The zero-order valence-corrected chi connectivity index (χ0v) is 11.5. The highest BCUT2D eigenvalue weighted by atomic mass is 127. The fourth-order valence-electron chi connectivity index (χ4n) is 0.712. The van der Waals surface area contributed by atoms with E-state index in [0.717, 1.165) is 11.6 Å². The highest BCUT2D eigenvalue weighted by Crippen LogP contribution is 2.24. The van der Waals surface area contributed by atoms with E-state index in [1.807, 2.05) is 28.7 Å². The molecule has 64 valence electrons. The van der Waals surface area contributed by atoms with E-state index in [2.05, 4.69) is 38.5 Å². The minimum absolute atomic E-state index is 0.342. The fourth-order valence-corrected chi connectivity index (χ4v) is 2.77. The first-order valence-electron chi connectivity index (χ1n) is 2.90. The first-order chi connectivity index (χ1) is 5.52. The van der Waals surface area contributed by atoms with Gasteiger partial charge in [0.2, 0.25) is 0 Å². The lowest BCUT2D eigenvalue weighted by atomic mass is 10.2. The number of rotatable bonds is 1. The van der Waals surface area contributed by atoms with Gasteiger partial charge >= 0.3 is 5.97 Å². The number of hydrogen-bond donors (Lipinski definition) is 1. The molecule has 0 fully saturated rings. The molecular weight excluding hydrogens is 450 g/mol. The molecule has 0 unspecified atom stereocenters. The summed E-state index contributed by atoms with van der Waals surface area (Å²) < 4.78 is 2.52. The minimum Gasteiger partial charge on any atom is -0.478 e. The molecule has 0 aliphatic heterocycles. The summed E-state index contributed by atoms with van der Waals surface area (Å²) in [5.41, 5.74) is 0.342. The molecule has 0 bridgehead atoms. The topological polar surface area (TPSA) is 37.3 Å². The number of benzene rings is 1. The minimum atomic E-state index is -0.890. The van der Waals surface area contributed by atoms with Crippen LogP contribution in [-0.4, -0.2) is 11.1 Å². The summed E-state index contributed by atoms with van der Waals surface area (Å²) in [4.78, 5) is 10.7. The molecule has 0 saturated heterocycles. The Hall–Kier alpha value is 0.630. The summed E-state index contributed by atoms with van der Waals surface area (Å²) in [6, 6.07) is 3.49. The van der Waals surface area contributed by atoms with Crippen LogP contribution in [0.5, 0.6) is 0 Å². The molecule has 12 heavy (non-hydrogen) atoms. The lowest BCUT2D eigenvalue weighted by Gasteiger charge is -2.02. The van der Waals surface area contributed by atoms with Crippen LogP contribution < -0.4 is 0 Å². The molecule has 1 aromatic carbocycles.